The lowest BCUT2D eigenvalue weighted by Gasteiger charge is -2.19. The van der Waals surface area contributed by atoms with Crippen LogP contribution in [-0.2, 0) is 10.0 Å². The Morgan fingerprint density at radius 3 is 2.52 bits per heavy atom. The molecule has 0 aromatic heterocycles. The van der Waals surface area contributed by atoms with Crippen LogP contribution in [-0.4, -0.2) is 51.1 Å². The highest BCUT2D eigenvalue weighted by atomic mass is 32.2. The van der Waals surface area contributed by atoms with Crippen molar-refractivity contribution in [2.45, 2.75) is 24.3 Å². The SMILES string of the molecule is CC(CCN(C)C)Nc1ccc(S(N)(=O)=O)cc1C(=O)O. The lowest BCUT2D eigenvalue weighted by Crippen LogP contribution is -2.24. The molecule has 1 aromatic carbocycles. The standard InChI is InChI=1S/C13H21N3O4S/c1-9(6-7-16(2)3)15-12-5-4-10(21(14,19)20)8-11(12)13(17)18/h4-5,8-9,15H,6-7H2,1-3H3,(H,17,18)(H2,14,19,20). The molecule has 21 heavy (non-hydrogen) atoms. The van der Waals surface area contributed by atoms with Gasteiger partial charge in [0.2, 0.25) is 10.0 Å². The maximum absolute atomic E-state index is 11.3. The second-order valence-corrected chi connectivity index (χ2v) is 6.76. The summed E-state index contributed by atoms with van der Waals surface area (Å²) in [6.45, 7) is 2.79. The Labute approximate surface area is 124 Å². The molecule has 1 atom stereocenters. The zero-order valence-corrected chi connectivity index (χ0v) is 13.1. The molecule has 4 N–H and O–H groups in total. The molecule has 118 valence electrons. The minimum Gasteiger partial charge on any atom is -0.478 e. The van der Waals surface area contributed by atoms with E-state index in [0.29, 0.717) is 5.69 Å². The lowest BCUT2D eigenvalue weighted by atomic mass is 10.1. The zero-order chi connectivity index (χ0) is 16.2. The third kappa shape index (κ3) is 5.33. The highest BCUT2D eigenvalue weighted by Gasteiger charge is 2.17. The number of carboxylic acids is 1. The summed E-state index contributed by atoms with van der Waals surface area (Å²) in [6, 6.07) is 3.84. The number of carbonyl (C=O) groups is 1. The first-order valence-corrected chi connectivity index (χ1v) is 7.97. The van der Waals surface area contributed by atoms with Crippen LogP contribution >= 0.6 is 0 Å². The molecule has 7 nitrogen and oxygen atoms in total. The van der Waals surface area contributed by atoms with Gasteiger partial charge in [0.25, 0.3) is 0 Å². The second kappa shape index (κ2) is 6.88. The maximum Gasteiger partial charge on any atom is 0.337 e. The molecule has 0 spiro atoms. The van der Waals surface area contributed by atoms with Crippen LogP contribution < -0.4 is 10.5 Å². The van der Waals surface area contributed by atoms with Gasteiger partial charge in [0.1, 0.15) is 0 Å². The number of anilines is 1. The highest BCUT2D eigenvalue weighted by molar-refractivity contribution is 7.89. The van der Waals surface area contributed by atoms with Crippen LogP contribution in [0.15, 0.2) is 23.1 Å². The number of nitrogens with one attached hydrogen (secondary N) is 1. The van der Waals surface area contributed by atoms with Crippen molar-refractivity contribution in [1.29, 1.82) is 0 Å². The fraction of sp³-hybridized carbons (Fsp3) is 0.462. The van der Waals surface area contributed by atoms with Gasteiger partial charge in [0.05, 0.1) is 10.5 Å². The van der Waals surface area contributed by atoms with Crippen molar-refractivity contribution in [2.24, 2.45) is 5.14 Å². The summed E-state index contributed by atoms with van der Waals surface area (Å²) < 4.78 is 22.6. The molecule has 0 amide bonds. The highest BCUT2D eigenvalue weighted by Crippen LogP contribution is 2.21. The summed E-state index contributed by atoms with van der Waals surface area (Å²) in [7, 11) is -0.0140. The predicted molar refractivity (Wildman–Crippen MR) is 81.0 cm³/mol. The molecule has 1 unspecified atom stereocenters. The van der Waals surface area contributed by atoms with Gasteiger partial charge in [-0.15, -0.1) is 0 Å². The summed E-state index contributed by atoms with van der Waals surface area (Å²) in [5.74, 6) is -1.21. The molecule has 0 aliphatic heterocycles. The van der Waals surface area contributed by atoms with Crippen LogP contribution in [0.2, 0.25) is 0 Å². The second-order valence-electron chi connectivity index (χ2n) is 5.19. The van der Waals surface area contributed by atoms with E-state index in [2.05, 4.69) is 5.32 Å². The van der Waals surface area contributed by atoms with E-state index >= 15 is 0 Å². The van der Waals surface area contributed by atoms with Gasteiger partial charge in [-0.2, -0.15) is 0 Å². The molecule has 1 aromatic rings. The van der Waals surface area contributed by atoms with Crippen molar-refractivity contribution in [3.63, 3.8) is 0 Å². The minimum absolute atomic E-state index is 0.0471. The van der Waals surface area contributed by atoms with E-state index in [1.807, 2.05) is 25.9 Å². The Bertz CT molecular complexity index is 614. The van der Waals surface area contributed by atoms with E-state index < -0.39 is 16.0 Å². The molecule has 0 bridgehead atoms. The zero-order valence-electron chi connectivity index (χ0n) is 12.3. The summed E-state index contributed by atoms with van der Waals surface area (Å²) in [5.41, 5.74) is 0.263. The molecule has 0 radical (unpaired) electrons. The molecule has 0 saturated heterocycles. The predicted octanol–water partition coefficient (Wildman–Crippen LogP) is 0.784. The van der Waals surface area contributed by atoms with Gasteiger partial charge in [0, 0.05) is 11.7 Å². The number of carboxylic acid groups (broad SMARTS) is 1. The number of primary sulfonamides is 1. The Kier molecular flexibility index (Phi) is 5.70. The molecule has 0 heterocycles. The monoisotopic (exact) mass is 315 g/mol. The van der Waals surface area contributed by atoms with E-state index in [0.717, 1.165) is 19.0 Å². The Morgan fingerprint density at radius 1 is 1.43 bits per heavy atom. The van der Waals surface area contributed by atoms with E-state index in [4.69, 9.17) is 5.14 Å². The number of benzene rings is 1. The summed E-state index contributed by atoms with van der Waals surface area (Å²) in [6.07, 6.45) is 0.822. The molecule has 0 saturated carbocycles. The van der Waals surface area contributed by atoms with Gasteiger partial charge in [-0.1, -0.05) is 0 Å². The largest absolute Gasteiger partial charge is 0.478 e. The van der Waals surface area contributed by atoms with Crippen molar-refractivity contribution in [3.8, 4) is 0 Å². The van der Waals surface area contributed by atoms with Gasteiger partial charge in [0.15, 0.2) is 0 Å². The van der Waals surface area contributed by atoms with Gasteiger partial charge in [-0.05, 0) is 52.2 Å². The van der Waals surface area contributed by atoms with Gasteiger partial charge < -0.3 is 15.3 Å². The van der Waals surface area contributed by atoms with Crippen LogP contribution in [0.5, 0.6) is 0 Å². The minimum atomic E-state index is -3.92. The summed E-state index contributed by atoms with van der Waals surface area (Å²) in [4.78, 5) is 13.1. The van der Waals surface area contributed by atoms with Crippen LogP contribution in [0.4, 0.5) is 5.69 Å². The first kappa shape index (κ1) is 17.4. The number of nitrogens with two attached hydrogens (primary N) is 1. The quantitative estimate of drug-likeness (QED) is 0.685. The van der Waals surface area contributed by atoms with Crippen molar-refractivity contribution in [1.82, 2.24) is 4.90 Å². The molecular weight excluding hydrogens is 294 g/mol. The van der Waals surface area contributed by atoms with Gasteiger partial charge in [-0.25, -0.2) is 18.4 Å². The molecule has 1 rings (SSSR count). The number of hydrogen-bond acceptors (Lipinski definition) is 5. The number of nitrogens with zero attached hydrogens (tertiary/aromatic N) is 1. The van der Waals surface area contributed by atoms with Crippen molar-refractivity contribution < 1.29 is 18.3 Å². The smallest absolute Gasteiger partial charge is 0.337 e. The average Bonchev–Trinajstić information content (AvgIpc) is 2.35. The fourth-order valence-corrected chi connectivity index (χ4v) is 2.33. The van der Waals surface area contributed by atoms with Crippen molar-refractivity contribution >= 4 is 21.7 Å². The molecule has 0 aliphatic rings. The van der Waals surface area contributed by atoms with E-state index in [9.17, 15) is 18.3 Å². The van der Waals surface area contributed by atoms with Gasteiger partial charge in [-0.3, -0.25) is 0 Å². The van der Waals surface area contributed by atoms with E-state index in [-0.39, 0.29) is 16.5 Å². The maximum atomic E-state index is 11.3. The first-order valence-electron chi connectivity index (χ1n) is 6.42. The normalized spacial score (nSPS) is 13.2. The number of hydrogen-bond donors (Lipinski definition) is 3. The molecule has 0 fully saturated rings. The third-order valence-electron chi connectivity index (χ3n) is 2.96. The topological polar surface area (TPSA) is 113 Å². The van der Waals surface area contributed by atoms with Crippen molar-refractivity contribution in [3.05, 3.63) is 23.8 Å². The molecular formula is C13H21N3O4S. The van der Waals surface area contributed by atoms with Crippen LogP contribution in [0.3, 0.4) is 0 Å². The summed E-state index contributed by atoms with van der Waals surface area (Å²) >= 11 is 0. The molecule has 0 aliphatic carbocycles. The number of aromatic carboxylic acids is 1. The van der Waals surface area contributed by atoms with Crippen LogP contribution in [0, 0.1) is 0 Å². The fourth-order valence-electron chi connectivity index (χ4n) is 1.79. The van der Waals surface area contributed by atoms with E-state index in [1.54, 1.807) is 0 Å². The van der Waals surface area contributed by atoms with Crippen LogP contribution in [0.25, 0.3) is 0 Å². The van der Waals surface area contributed by atoms with Crippen LogP contribution in [0.1, 0.15) is 23.7 Å². The molecule has 8 heteroatoms. The number of sulfonamides is 1. The van der Waals surface area contributed by atoms with Crippen molar-refractivity contribution in [2.75, 3.05) is 26.0 Å². The third-order valence-corrected chi connectivity index (χ3v) is 3.87. The Balaban J connectivity index is 3.00. The first-order chi connectivity index (χ1) is 9.61. The van der Waals surface area contributed by atoms with E-state index in [1.165, 1.54) is 12.1 Å². The Hall–Kier alpha value is -1.64. The van der Waals surface area contributed by atoms with Gasteiger partial charge >= 0.3 is 5.97 Å². The summed E-state index contributed by atoms with van der Waals surface area (Å²) in [5, 5.41) is 17.3. The lowest BCUT2D eigenvalue weighted by molar-refractivity contribution is 0.0697. The average molecular weight is 315 g/mol. The number of rotatable bonds is 7. The Morgan fingerprint density at radius 2 is 2.05 bits per heavy atom.